The van der Waals surface area contributed by atoms with Gasteiger partial charge < -0.3 is 10.1 Å². The highest BCUT2D eigenvalue weighted by Crippen LogP contribution is 2.33. The molecule has 0 radical (unpaired) electrons. The van der Waals surface area contributed by atoms with E-state index in [0.717, 1.165) is 0 Å². The molecular formula is C8H13F2NO2. The third-order valence-electron chi connectivity index (χ3n) is 2.28. The molecular weight excluding hydrogens is 180 g/mol. The Morgan fingerprint density at radius 3 is 2.46 bits per heavy atom. The summed E-state index contributed by atoms with van der Waals surface area (Å²) in [5, 5.41) is 2.39. The monoisotopic (exact) mass is 193 g/mol. The molecule has 1 amide bonds. The summed E-state index contributed by atoms with van der Waals surface area (Å²) in [7, 11) is 1.46. The summed E-state index contributed by atoms with van der Waals surface area (Å²) in [6.45, 7) is 0.859. The molecule has 0 aromatic heterocycles. The molecule has 5 heteroatoms. The van der Waals surface area contributed by atoms with Crippen LogP contribution in [0.25, 0.3) is 0 Å². The van der Waals surface area contributed by atoms with Crippen LogP contribution in [0.4, 0.5) is 8.78 Å². The Hall–Kier alpha value is -0.710. The number of ether oxygens (including phenoxy) is 1. The zero-order valence-electron chi connectivity index (χ0n) is 7.69. The van der Waals surface area contributed by atoms with Crippen LogP contribution in [-0.4, -0.2) is 31.1 Å². The van der Waals surface area contributed by atoms with Crippen molar-refractivity contribution in [3.8, 4) is 0 Å². The van der Waals surface area contributed by atoms with Crippen LogP contribution >= 0.6 is 0 Å². The Kier molecular flexibility index (Phi) is 2.56. The summed E-state index contributed by atoms with van der Waals surface area (Å²) in [6, 6.07) is 0. The lowest BCUT2D eigenvalue weighted by Crippen LogP contribution is -2.51. The van der Waals surface area contributed by atoms with E-state index in [1.54, 1.807) is 0 Å². The van der Waals surface area contributed by atoms with Crippen LogP contribution in [0.15, 0.2) is 0 Å². The molecule has 0 bridgehead atoms. The fraction of sp³-hybridized carbons (Fsp3) is 0.875. The lowest BCUT2D eigenvalue weighted by atomic mass is 9.93. The molecule has 0 spiro atoms. The summed E-state index contributed by atoms with van der Waals surface area (Å²) in [5.41, 5.74) is -1.09. The number of alkyl halides is 2. The van der Waals surface area contributed by atoms with Crippen molar-refractivity contribution in [2.24, 2.45) is 0 Å². The summed E-state index contributed by atoms with van der Waals surface area (Å²) < 4.78 is 30.2. The molecule has 13 heavy (non-hydrogen) atoms. The Balaban J connectivity index is 2.61. The second kappa shape index (κ2) is 3.21. The van der Waals surface area contributed by atoms with E-state index >= 15 is 0 Å². The largest absolute Gasteiger partial charge is 0.359 e. The molecule has 1 heterocycles. The fourth-order valence-corrected chi connectivity index (χ4v) is 1.27. The molecule has 1 fully saturated rings. The van der Waals surface area contributed by atoms with Gasteiger partial charge in [-0.15, -0.1) is 0 Å². The van der Waals surface area contributed by atoms with Gasteiger partial charge in [-0.05, 0) is 13.3 Å². The topological polar surface area (TPSA) is 38.3 Å². The molecule has 0 saturated carbocycles. The van der Waals surface area contributed by atoms with Gasteiger partial charge in [-0.3, -0.25) is 4.79 Å². The van der Waals surface area contributed by atoms with Gasteiger partial charge in [-0.25, -0.2) is 8.78 Å². The van der Waals surface area contributed by atoms with Gasteiger partial charge in [0.2, 0.25) is 0 Å². The second-order valence-electron chi connectivity index (χ2n) is 3.45. The highest BCUT2D eigenvalue weighted by Gasteiger charge is 2.45. The first kappa shape index (κ1) is 10.4. The third kappa shape index (κ3) is 2.15. The number of halogens is 2. The van der Waals surface area contributed by atoms with Gasteiger partial charge in [-0.1, -0.05) is 0 Å². The molecule has 1 atom stereocenters. The number of likely N-dealkylation sites (N-methyl/N-ethyl adjacent to an activating group) is 1. The zero-order chi connectivity index (χ0) is 10.1. The van der Waals surface area contributed by atoms with Gasteiger partial charge in [0.1, 0.15) is 12.2 Å². The van der Waals surface area contributed by atoms with Crippen molar-refractivity contribution in [1.29, 1.82) is 0 Å². The molecule has 76 valence electrons. The van der Waals surface area contributed by atoms with E-state index in [-0.39, 0.29) is 18.7 Å². The Bertz CT molecular complexity index is 208. The summed E-state index contributed by atoms with van der Waals surface area (Å²) >= 11 is 0. The molecule has 1 N–H and O–H groups in total. The standard InChI is InChI=1S/C8H13F2NO2/c1-7(6(12)11-2)3-4-8(9,10)5-13-7/h3-5H2,1-2H3,(H,11,12)/t7-/m1/s1. The summed E-state index contributed by atoms with van der Waals surface area (Å²) in [4.78, 5) is 11.2. The maximum Gasteiger partial charge on any atom is 0.271 e. The van der Waals surface area contributed by atoms with Gasteiger partial charge in [0.05, 0.1) is 0 Å². The molecule has 3 nitrogen and oxygen atoms in total. The first-order chi connectivity index (χ1) is 5.90. The van der Waals surface area contributed by atoms with Gasteiger partial charge in [0, 0.05) is 13.5 Å². The van der Waals surface area contributed by atoms with Crippen LogP contribution in [-0.2, 0) is 9.53 Å². The van der Waals surface area contributed by atoms with Crippen LogP contribution in [0, 0.1) is 0 Å². The zero-order valence-corrected chi connectivity index (χ0v) is 7.69. The molecule has 1 aliphatic rings. The maximum absolute atomic E-state index is 12.7. The molecule has 0 aromatic carbocycles. The quantitative estimate of drug-likeness (QED) is 0.673. The summed E-state index contributed by atoms with van der Waals surface area (Å²) in [6.07, 6.45) is -0.239. The predicted molar refractivity (Wildman–Crippen MR) is 42.6 cm³/mol. The third-order valence-corrected chi connectivity index (χ3v) is 2.28. The number of hydrogen-bond donors (Lipinski definition) is 1. The van der Waals surface area contributed by atoms with E-state index in [1.165, 1.54) is 14.0 Å². The minimum atomic E-state index is -2.78. The number of amides is 1. The van der Waals surface area contributed by atoms with Crippen LogP contribution in [0.3, 0.4) is 0 Å². The van der Waals surface area contributed by atoms with Gasteiger partial charge in [-0.2, -0.15) is 0 Å². The molecule has 1 aliphatic heterocycles. The van der Waals surface area contributed by atoms with Crippen molar-refractivity contribution in [2.75, 3.05) is 13.7 Å². The fourth-order valence-electron chi connectivity index (χ4n) is 1.27. The van der Waals surface area contributed by atoms with E-state index in [0.29, 0.717) is 0 Å². The van der Waals surface area contributed by atoms with E-state index in [2.05, 4.69) is 5.32 Å². The van der Waals surface area contributed by atoms with Crippen LogP contribution < -0.4 is 5.32 Å². The Morgan fingerprint density at radius 2 is 2.08 bits per heavy atom. The van der Waals surface area contributed by atoms with Crippen molar-refractivity contribution in [2.45, 2.75) is 31.3 Å². The normalized spacial score (nSPS) is 32.6. The molecule has 1 rings (SSSR count). The number of carbonyl (C=O) groups is 1. The maximum atomic E-state index is 12.7. The molecule has 0 aromatic rings. The molecule has 0 unspecified atom stereocenters. The first-order valence-electron chi connectivity index (χ1n) is 4.14. The minimum Gasteiger partial charge on any atom is -0.359 e. The van der Waals surface area contributed by atoms with Crippen molar-refractivity contribution in [3.63, 3.8) is 0 Å². The number of carbonyl (C=O) groups excluding carboxylic acids is 1. The highest BCUT2D eigenvalue weighted by atomic mass is 19.3. The molecule has 1 saturated heterocycles. The van der Waals surface area contributed by atoms with Gasteiger partial charge >= 0.3 is 0 Å². The van der Waals surface area contributed by atoms with Crippen LogP contribution in [0.5, 0.6) is 0 Å². The van der Waals surface area contributed by atoms with E-state index in [1.807, 2.05) is 0 Å². The number of rotatable bonds is 1. The SMILES string of the molecule is CNC(=O)[C@@]1(C)CCC(F)(F)CO1. The number of nitrogens with one attached hydrogen (secondary N) is 1. The van der Waals surface area contributed by atoms with E-state index in [4.69, 9.17) is 4.74 Å². The van der Waals surface area contributed by atoms with E-state index < -0.39 is 18.1 Å². The minimum absolute atomic E-state index is 0.0552. The molecule has 0 aliphatic carbocycles. The number of hydrogen-bond acceptors (Lipinski definition) is 2. The summed E-state index contributed by atoms with van der Waals surface area (Å²) in [5.74, 6) is -3.13. The average molecular weight is 193 g/mol. The second-order valence-corrected chi connectivity index (χ2v) is 3.45. The van der Waals surface area contributed by atoms with Crippen LogP contribution in [0.1, 0.15) is 19.8 Å². The lowest BCUT2D eigenvalue weighted by Gasteiger charge is -2.35. The van der Waals surface area contributed by atoms with E-state index in [9.17, 15) is 13.6 Å². The average Bonchev–Trinajstić information content (AvgIpc) is 2.09. The Morgan fingerprint density at radius 1 is 1.46 bits per heavy atom. The lowest BCUT2D eigenvalue weighted by molar-refractivity contribution is -0.189. The predicted octanol–water partition coefficient (Wildman–Crippen LogP) is 0.937. The van der Waals surface area contributed by atoms with Crippen molar-refractivity contribution in [1.82, 2.24) is 5.32 Å². The highest BCUT2D eigenvalue weighted by molar-refractivity contribution is 5.84. The first-order valence-corrected chi connectivity index (χ1v) is 4.14. The Labute approximate surface area is 75.4 Å². The van der Waals surface area contributed by atoms with Crippen molar-refractivity contribution < 1.29 is 18.3 Å². The van der Waals surface area contributed by atoms with Crippen molar-refractivity contribution in [3.05, 3.63) is 0 Å². The van der Waals surface area contributed by atoms with Gasteiger partial charge in [0.15, 0.2) is 0 Å². The smallest absolute Gasteiger partial charge is 0.271 e. The van der Waals surface area contributed by atoms with Crippen molar-refractivity contribution >= 4 is 5.91 Å². The van der Waals surface area contributed by atoms with Gasteiger partial charge in [0.25, 0.3) is 11.8 Å². The van der Waals surface area contributed by atoms with Crippen LogP contribution in [0.2, 0.25) is 0 Å².